The molecule has 0 spiro atoms. The molecule has 1 rings (SSSR count). The zero-order chi connectivity index (χ0) is 33.5. The molecule has 0 bridgehead atoms. The Morgan fingerprint density at radius 1 is 0.750 bits per heavy atom. The Morgan fingerprint density at radius 2 is 1.14 bits per heavy atom. The molecule has 0 radical (unpaired) electrons. The Kier molecular flexibility index (Phi) is 16.0. The van der Waals surface area contributed by atoms with Crippen molar-refractivity contribution in [2.45, 2.75) is 93.5 Å². The lowest BCUT2D eigenvalue weighted by Gasteiger charge is -2.34. The molecule has 0 saturated carbocycles. The number of aliphatic hydroxyl groups is 3. The SMILES string of the molecule is CC1=C(/C=C/C(C)=C/C=C/C(C)=C/C=C/C=C(C)/C=C/C=C(C)/C=C/C=C(C)/C=C/C(O)C(C)(C)O)C(C)(C)CC(O)C1=O. The maximum absolute atomic E-state index is 12.2. The van der Waals surface area contributed by atoms with Crippen molar-refractivity contribution < 1.29 is 20.1 Å². The van der Waals surface area contributed by atoms with E-state index in [1.807, 2.05) is 87.6 Å². The summed E-state index contributed by atoms with van der Waals surface area (Å²) in [6, 6.07) is 0. The van der Waals surface area contributed by atoms with Gasteiger partial charge in [-0.05, 0) is 78.4 Å². The van der Waals surface area contributed by atoms with Crippen molar-refractivity contribution in [2.75, 3.05) is 0 Å². The zero-order valence-corrected chi connectivity index (χ0v) is 28.4. The molecular weight excluding hydrogens is 544 g/mol. The van der Waals surface area contributed by atoms with Crippen LogP contribution in [0.3, 0.4) is 0 Å². The maximum Gasteiger partial charge on any atom is 0.187 e. The third-order valence-corrected chi connectivity index (χ3v) is 7.27. The van der Waals surface area contributed by atoms with Crippen molar-refractivity contribution in [3.8, 4) is 0 Å². The lowest BCUT2D eigenvalue weighted by Crippen LogP contribution is -2.35. The molecule has 3 N–H and O–H groups in total. The number of Topliss-reactive ketones (excluding diaryl/α,β-unsaturated/α-hetero) is 1. The van der Waals surface area contributed by atoms with Crippen LogP contribution in [0.25, 0.3) is 0 Å². The Hall–Kier alpha value is -3.57. The molecule has 0 aromatic carbocycles. The van der Waals surface area contributed by atoms with E-state index < -0.39 is 17.8 Å². The number of rotatable bonds is 13. The highest BCUT2D eigenvalue weighted by molar-refractivity contribution is 6.00. The van der Waals surface area contributed by atoms with Gasteiger partial charge in [0.05, 0.1) is 5.60 Å². The summed E-state index contributed by atoms with van der Waals surface area (Å²) >= 11 is 0. The fourth-order valence-corrected chi connectivity index (χ4v) is 4.37. The van der Waals surface area contributed by atoms with Crippen LogP contribution in [0.2, 0.25) is 0 Å². The van der Waals surface area contributed by atoms with Crippen LogP contribution in [-0.4, -0.2) is 38.9 Å². The number of hydrogen-bond donors (Lipinski definition) is 3. The standard InChI is InChI=1S/C40H54O4/c1-29(18-13-20-31(3)21-15-23-33(5)25-27-37(42)40(9,10)44)16-11-12-17-30(2)19-14-22-32(4)24-26-35-34(6)38(43)36(41)28-39(35,7)8/h11-27,36-37,41-42,44H,28H2,1-10H3/b12-11+,18-13+,19-14+,21-15+,26-24+,27-25+,29-16+,30-17+,31-20+,32-22+,33-23+. The van der Waals surface area contributed by atoms with Gasteiger partial charge in [0.2, 0.25) is 0 Å². The molecule has 0 saturated heterocycles. The van der Waals surface area contributed by atoms with Crippen molar-refractivity contribution in [1.29, 1.82) is 0 Å². The monoisotopic (exact) mass is 598 g/mol. The largest absolute Gasteiger partial charge is 0.387 e. The van der Waals surface area contributed by atoms with E-state index in [1.165, 1.54) is 0 Å². The number of hydrogen-bond acceptors (Lipinski definition) is 4. The molecule has 44 heavy (non-hydrogen) atoms. The summed E-state index contributed by atoms with van der Waals surface area (Å²) in [5.74, 6) is -0.173. The molecule has 0 aromatic rings. The minimum absolute atomic E-state index is 0.173. The van der Waals surface area contributed by atoms with Crippen LogP contribution in [0.1, 0.15) is 75.7 Å². The summed E-state index contributed by atoms with van der Waals surface area (Å²) < 4.78 is 0. The molecule has 0 amide bonds. The summed E-state index contributed by atoms with van der Waals surface area (Å²) in [4.78, 5) is 12.2. The minimum atomic E-state index is -1.16. The third kappa shape index (κ3) is 14.7. The van der Waals surface area contributed by atoms with Gasteiger partial charge in [-0.15, -0.1) is 0 Å². The van der Waals surface area contributed by atoms with Crippen molar-refractivity contribution >= 4 is 5.78 Å². The van der Waals surface area contributed by atoms with Crippen LogP contribution >= 0.6 is 0 Å². The smallest absolute Gasteiger partial charge is 0.187 e. The predicted molar refractivity (Wildman–Crippen MR) is 188 cm³/mol. The van der Waals surface area contributed by atoms with Gasteiger partial charge in [-0.25, -0.2) is 0 Å². The van der Waals surface area contributed by atoms with Crippen LogP contribution in [0, 0.1) is 5.41 Å². The number of carbonyl (C=O) groups excluding carboxylic acids is 1. The molecular formula is C40H54O4. The molecule has 2 unspecified atom stereocenters. The van der Waals surface area contributed by atoms with E-state index in [2.05, 4.69) is 52.0 Å². The first-order valence-corrected chi connectivity index (χ1v) is 15.2. The van der Waals surface area contributed by atoms with E-state index in [4.69, 9.17) is 0 Å². The number of ketones is 1. The van der Waals surface area contributed by atoms with E-state index in [1.54, 1.807) is 32.9 Å². The summed E-state index contributed by atoms with van der Waals surface area (Å²) in [6.07, 6.45) is 32.4. The van der Waals surface area contributed by atoms with Crippen LogP contribution in [0.5, 0.6) is 0 Å². The molecule has 2 atom stereocenters. The average molecular weight is 599 g/mol. The van der Waals surface area contributed by atoms with Gasteiger partial charge in [0.15, 0.2) is 5.78 Å². The maximum atomic E-state index is 12.2. The van der Waals surface area contributed by atoms with Crippen LogP contribution in [-0.2, 0) is 4.79 Å². The van der Waals surface area contributed by atoms with Gasteiger partial charge in [0, 0.05) is 0 Å². The summed E-state index contributed by atoms with van der Waals surface area (Å²) in [7, 11) is 0. The lowest BCUT2D eigenvalue weighted by molar-refractivity contribution is -0.125. The van der Waals surface area contributed by atoms with Crippen LogP contribution in [0.15, 0.2) is 142 Å². The highest BCUT2D eigenvalue weighted by Gasteiger charge is 2.36. The van der Waals surface area contributed by atoms with Crippen molar-refractivity contribution in [2.24, 2.45) is 5.41 Å². The Bertz CT molecular complexity index is 1370. The first kappa shape index (κ1) is 38.5. The van der Waals surface area contributed by atoms with E-state index in [9.17, 15) is 20.1 Å². The Morgan fingerprint density at radius 3 is 1.57 bits per heavy atom. The molecule has 238 valence electrons. The van der Waals surface area contributed by atoms with Gasteiger partial charge < -0.3 is 15.3 Å². The number of carbonyl (C=O) groups is 1. The fraction of sp³-hybridized carbons (Fsp3) is 0.375. The van der Waals surface area contributed by atoms with Crippen LogP contribution < -0.4 is 0 Å². The van der Waals surface area contributed by atoms with E-state index in [0.717, 1.165) is 33.4 Å². The second kappa shape index (κ2) is 18.3. The fourth-order valence-electron chi connectivity index (χ4n) is 4.37. The molecule has 4 nitrogen and oxygen atoms in total. The molecule has 0 aromatic heterocycles. The second-order valence-electron chi connectivity index (χ2n) is 12.8. The number of allylic oxidation sites excluding steroid dienone is 22. The number of aliphatic hydroxyl groups excluding tert-OH is 2. The quantitative estimate of drug-likeness (QED) is 0.185. The average Bonchev–Trinajstić information content (AvgIpc) is 2.91. The first-order chi connectivity index (χ1) is 20.4. The summed E-state index contributed by atoms with van der Waals surface area (Å²) in [5.41, 5.74) is 5.66. The van der Waals surface area contributed by atoms with Gasteiger partial charge in [0.1, 0.15) is 12.2 Å². The minimum Gasteiger partial charge on any atom is -0.387 e. The lowest BCUT2D eigenvalue weighted by atomic mass is 9.71. The topological polar surface area (TPSA) is 77.8 Å². The van der Waals surface area contributed by atoms with E-state index >= 15 is 0 Å². The van der Waals surface area contributed by atoms with Gasteiger partial charge >= 0.3 is 0 Å². The first-order valence-electron chi connectivity index (χ1n) is 15.2. The zero-order valence-electron chi connectivity index (χ0n) is 28.4. The summed E-state index contributed by atoms with van der Waals surface area (Å²) in [5, 5.41) is 29.7. The Labute approximate surface area is 266 Å². The van der Waals surface area contributed by atoms with Gasteiger partial charge in [0.25, 0.3) is 0 Å². The molecule has 0 aliphatic heterocycles. The molecule has 1 aliphatic carbocycles. The molecule has 0 heterocycles. The molecule has 4 heteroatoms. The van der Waals surface area contributed by atoms with Gasteiger partial charge in [-0.3, -0.25) is 4.79 Å². The normalized spacial score (nSPS) is 21.2. The Balaban J connectivity index is 2.67. The van der Waals surface area contributed by atoms with Gasteiger partial charge in [-0.1, -0.05) is 145 Å². The highest BCUT2D eigenvalue weighted by atomic mass is 16.3. The summed E-state index contributed by atoms with van der Waals surface area (Å²) in [6.45, 7) is 19.2. The van der Waals surface area contributed by atoms with Crippen molar-refractivity contribution in [3.05, 3.63) is 142 Å². The van der Waals surface area contributed by atoms with Crippen molar-refractivity contribution in [1.82, 2.24) is 0 Å². The molecule has 1 aliphatic rings. The van der Waals surface area contributed by atoms with E-state index in [-0.39, 0.29) is 11.2 Å². The highest BCUT2D eigenvalue weighted by Crippen LogP contribution is 2.39. The van der Waals surface area contributed by atoms with Crippen molar-refractivity contribution in [3.63, 3.8) is 0 Å². The van der Waals surface area contributed by atoms with Crippen LogP contribution in [0.4, 0.5) is 0 Å². The van der Waals surface area contributed by atoms with Gasteiger partial charge in [-0.2, -0.15) is 0 Å². The third-order valence-electron chi connectivity index (χ3n) is 7.27. The second-order valence-corrected chi connectivity index (χ2v) is 12.8. The molecule has 0 fully saturated rings. The predicted octanol–water partition coefficient (Wildman–Crippen LogP) is 8.86. The van der Waals surface area contributed by atoms with E-state index in [0.29, 0.717) is 12.0 Å².